The number of thiophene rings is 1. The molecule has 0 amide bonds. The van der Waals surface area contributed by atoms with Crippen LogP contribution in [0.15, 0.2) is 60.4 Å². The second-order valence-corrected chi connectivity index (χ2v) is 10.4. The van der Waals surface area contributed by atoms with Crippen molar-refractivity contribution in [1.82, 2.24) is 35.0 Å². The maximum atomic E-state index is 16.1. The van der Waals surface area contributed by atoms with Gasteiger partial charge in [-0.15, -0.1) is 11.3 Å². The summed E-state index contributed by atoms with van der Waals surface area (Å²) in [6.07, 6.45) is 9.10. The summed E-state index contributed by atoms with van der Waals surface area (Å²) in [5.41, 5.74) is 5.78. The molecule has 0 saturated carbocycles. The van der Waals surface area contributed by atoms with Gasteiger partial charge in [-0.25, -0.2) is 14.4 Å². The molecule has 9 heteroatoms. The highest BCUT2D eigenvalue weighted by molar-refractivity contribution is 7.13. The van der Waals surface area contributed by atoms with Crippen LogP contribution in [0, 0.1) is 5.82 Å². The van der Waals surface area contributed by atoms with E-state index in [0.29, 0.717) is 33.6 Å². The molecule has 2 N–H and O–H groups in total. The van der Waals surface area contributed by atoms with Gasteiger partial charge >= 0.3 is 0 Å². The zero-order valence-electron chi connectivity index (χ0n) is 20.0. The molecule has 1 saturated heterocycles. The molecule has 1 aromatic carbocycles. The number of pyridine rings is 2. The standard InChI is InChI=1S/C28H24FN7S/c29-24-19(18-13-17(14-30-15-18)16-36-10-2-1-3-11-36)6-7-21-23(24)26(35-34-21)28-32-25-20(22-5-4-12-37-22)8-9-31-27(25)33-28/h4-9,12-15H,1-3,10-11,16H2,(H,34,35)(H,31,32,33). The number of aromatic amines is 2. The molecular weight excluding hydrogens is 485 g/mol. The molecule has 0 radical (unpaired) electrons. The lowest BCUT2D eigenvalue weighted by Crippen LogP contribution is -2.29. The van der Waals surface area contributed by atoms with Gasteiger partial charge in [0.2, 0.25) is 0 Å². The summed E-state index contributed by atoms with van der Waals surface area (Å²) in [6.45, 7) is 3.03. The summed E-state index contributed by atoms with van der Waals surface area (Å²) >= 11 is 1.65. The molecular formula is C28H24FN7S. The Morgan fingerprint density at radius 3 is 2.81 bits per heavy atom. The number of H-pyrrole nitrogens is 2. The monoisotopic (exact) mass is 509 g/mol. The van der Waals surface area contributed by atoms with Gasteiger partial charge in [0.1, 0.15) is 11.5 Å². The normalized spacial score (nSPS) is 14.6. The fraction of sp³-hybridized carbons (Fsp3) is 0.214. The molecule has 0 spiro atoms. The number of rotatable bonds is 5. The molecule has 6 aromatic rings. The van der Waals surface area contributed by atoms with Gasteiger partial charge < -0.3 is 4.98 Å². The van der Waals surface area contributed by atoms with E-state index < -0.39 is 0 Å². The molecule has 0 bridgehead atoms. The van der Waals surface area contributed by atoms with Crippen molar-refractivity contribution in [2.75, 3.05) is 13.1 Å². The zero-order chi connectivity index (χ0) is 24.8. The molecule has 7 rings (SSSR count). The summed E-state index contributed by atoms with van der Waals surface area (Å²) in [4.78, 5) is 20.4. The second kappa shape index (κ2) is 9.17. The molecule has 1 fully saturated rings. The first-order valence-corrected chi connectivity index (χ1v) is 13.3. The van der Waals surface area contributed by atoms with Crippen molar-refractivity contribution in [3.8, 4) is 33.1 Å². The molecule has 184 valence electrons. The lowest BCUT2D eigenvalue weighted by molar-refractivity contribution is 0.220. The second-order valence-electron chi connectivity index (χ2n) is 9.46. The third-order valence-electron chi connectivity index (χ3n) is 7.03. The van der Waals surface area contributed by atoms with Gasteiger partial charge in [-0.1, -0.05) is 12.5 Å². The van der Waals surface area contributed by atoms with Crippen LogP contribution in [0.4, 0.5) is 4.39 Å². The van der Waals surface area contributed by atoms with Gasteiger partial charge in [-0.2, -0.15) is 5.10 Å². The smallest absolute Gasteiger partial charge is 0.178 e. The quantitative estimate of drug-likeness (QED) is 0.280. The molecule has 7 nitrogen and oxygen atoms in total. The lowest BCUT2D eigenvalue weighted by atomic mass is 10.0. The SMILES string of the molecule is Fc1c(-c2cncc(CN3CCCCC3)c2)ccc2[nH]nc(-c3nc4nccc(-c5cccs5)c4[nH]3)c12. The number of fused-ring (bicyclic) bond motifs is 2. The summed E-state index contributed by atoms with van der Waals surface area (Å²) < 4.78 is 16.1. The minimum atomic E-state index is -0.343. The van der Waals surface area contributed by atoms with E-state index in [-0.39, 0.29) is 5.82 Å². The topological polar surface area (TPSA) is 86.4 Å². The maximum Gasteiger partial charge on any atom is 0.178 e. The molecule has 1 aliphatic heterocycles. The third kappa shape index (κ3) is 4.00. The number of hydrogen-bond acceptors (Lipinski definition) is 6. The largest absolute Gasteiger partial charge is 0.335 e. The number of likely N-dealkylation sites (tertiary alicyclic amines) is 1. The molecule has 0 atom stereocenters. The van der Waals surface area contributed by atoms with E-state index >= 15 is 4.39 Å². The van der Waals surface area contributed by atoms with E-state index in [2.05, 4.69) is 41.1 Å². The number of imidazole rings is 1. The van der Waals surface area contributed by atoms with Crippen molar-refractivity contribution in [2.45, 2.75) is 25.8 Å². The first-order valence-electron chi connectivity index (χ1n) is 12.5. The van der Waals surface area contributed by atoms with Crippen LogP contribution in [0.1, 0.15) is 24.8 Å². The van der Waals surface area contributed by atoms with Crippen molar-refractivity contribution >= 4 is 33.4 Å². The Kier molecular flexibility index (Phi) is 5.52. The molecule has 0 unspecified atom stereocenters. The van der Waals surface area contributed by atoms with Crippen LogP contribution < -0.4 is 0 Å². The number of piperidine rings is 1. The predicted molar refractivity (Wildman–Crippen MR) is 145 cm³/mol. The number of halogens is 1. The van der Waals surface area contributed by atoms with Crippen LogP contribution in [0.25, 0.3) is 55.2 Å². The summed E-state index contributed by atoms with van der Waals surface area (Å²) in [5, 5.41) is 9.84. The van der Waals surface area contributed by atoms with E-state index in [4.69, 9.17) is 0 Å². The number of benzene rings is 1. The maximum absolute atomic E-state index is 16.1. The number of aromatic nitrogens is 6. The van der Waals surface area contributed by atoms with Crippen molar-refractivity contribution in [1.29, 1.82) is 0 Å². The Morgan fingerprint density at radius 2 is 1.95 bits per heavy atom. The number of nitrogens with zero attached hydrogens (tertiary/aromatic N) is 5. The van der Waals surface area contributed by atoms with Gasteiger partial charge in [0.05, 0.1) is 16.4 Å². The number of hydrogen-bond donors (Lipinski definition) is 2. The van der Waals surface area contributed by atoms with Crippen LogP contribution in [-0.4, -0.2) is 48.1 Å². The van der Waals surface area contributed by atoms with Gasteiger partial charge in [0, 0.05) is 46.7 Å². The lowest BCUT2D eigenvalue weighted by Gasteiger charge is -2.26. The average Bonchev–Trinajstić information content (AvgIpc) is 3.69. The molecule has 1 aliphatic rings. The Hall–Kier alpha value is -3.95. The minimum absolute atomic E-state index is 0.343. The van der Waals surface area contributed by atoms with Crippen molar-refractivity contribution in [3.63, 3.8) is 0 Å². The zero-order valence-corrected chi connectivity index (χ0v) is 20.9. The Balaban J connectivity index is 1.30. The highest BCUT2D eigenvalue weighted by atomic mass is 32.1. The first-order chi connectivity index (χ1) is 18.2. The summed E-state index contributed by atoms with van der Waals surface area (Å²) in [5.74, 6) is 0.135. The first kappa shape index (κ1) is 22.3. The minimum Gasteiger partial charge on any atom is -0.335 e. The van der Waals surface area contributed by atoms with Gasteiger partial charge in [0.15, 0.2) is 11.5 Å². The van der Waals surface area contributed by atoms with E-state index in [0.717, 1.165) is 46.7 Å². The Labute approximate surface area is 216 Å². The van der Waals surface area contributed by atoms with Crippen molar-refractivity contribution in [2.24, 2.45) is 0 Å². The third-order valence-corrected chi connectivity index (χ3v) is 7.93. The van der Waals surface area contributed by atoms with Crippen LogP contribution in [0.3, 0.4) is 0 Å². The van der Waals surface area contributed by atoms with E-state index in [1.807, 2.05) is 35.8 Å². The Bertz CT molecular complexity index is 1710. The summed E-state index contributed by atoms with van der Waals surface area (Å²) in [7, 11) is 0. The highest BCUT2D eigenvalue weighted by Gasteiger charge is 2.21. The Morgan fingerprint density at radius 1 is 1.03 bits per heavy atom. The fourth-order valence-electron chi connectivity index (χ4n) is 5.22. The fourth-order valence-corrected chi connectivity index (χ4v) is 5.98. The van der Waals surface area contributed by atoms with Gasteiger partial charge in [0.25, 0.3) is 0 Å². The van der Waals surface area contributed by atoms with Crippen LogP contribution >= 0.6 is 11.3 Å². The molecule has 5 aromatic heterocycles. The van der Waals surface area contributed by atoms with E-state index in [1.54, 1.807) is 29.8 Å². The van der Waals surface area contributed by atoms with Crippen molar-refractivity contribution in [3.05, 3.63) is 71.7 Å². The molecule has 0 aliphatic carbocycles. The van der Waals surface area contributed by atoms with Crippen LogP contribution in [0.5, 0.6) is 0 Å². The predicted octanol–water partition coefficient (Wildman–Crippen LogP) is 6.42. The van der Waals surface area contributed by atoms with Gasteiger partial charge in [-0.3, -0.25) is 15.0 Å². The molecule has 6 heterocycles. The van der Waals surface area contributed by atoms with Gasteiger partial charge in [-0.05, 0) is 67.2 Å². The van der Waals surface area contributed by atoms with E-state index in [1.165, 1.54) is 19.3 Å². The van der Waals surface area contributed by atoms with Crippen LogP contribution in [0.2, 0.25) is 0 Å². The van der Waals surface area contributed by atoms with Crippen LogP contribution in [-0.2, 0) is 6.54 Å². The summed E-state index contributed by atoms with van der Waals surface area (Å²) in [6, 6.07) is 11.7. The number of nitrogens with one attached hydrogen (secondary N) is 2. The van der Waals surface area contributed by atoms with Crippen molar-refractivity contribution < 1.29 is 4.39 Å². The average molecular weight is 510 g/mol. The molecule has 37 heavy (non-hydrogen) atoms. The highest BCUT2D eigenvalue weighted by Crippen LogP contribution is 2.36. The van der Waals surface area contributed by atoms with E-state index in [9.17, 15) is 0 Å².